The number of nitrogen functional groups attached to an aromatic ring is 1. The highest BCUT2D eigenvalue weighted by Crippen LogP contribution is 2.41. The van der Waals surface area contributed by atoms with Gasteiger partial charge in [0.2, 0.25) is 0 Å². The van der Waals surface area contributed by atoms with Crippen LogP contribution in [-0.2, 0) is 0 Å². The second-order valence-electron chi connectivity index (χ2n) is 3.51. The molecule has 2 rings (SSSR count). The Kier molecular flexibility index (Phi) is 3.13. The van der Waals surface area contributed by atoms with Gasteiger partial charge in [0.1, 0.15) is 23.1 Å². The van der Waals surface area contributed by atoms with Crippen LogP contribution in [-0.4, -0.2) is 19.2 Å². The molecular formula is C12H10ClN3O2. The molecule has 0 fully saturated rings. The number of hydrogen-bond acceptors (Lipinski definition) is 5. The predicted molar refractivity (Wildman–Crippen MR) is 69.0 cm³/mol. The molecule has 18 heavy (non-hydrogen) atoms. The number of methoxy groups -OCH3 is 2. The molecule has 0 saturated carbocycles. The van der Waals surface area contributed by atoms with E-state index in [4.69, 9.17) is 32.1 Å². The van der Waals surface area contributed by atoms with Crippen molar-refractivity contribution in [2.45, 2.75) is 0 Å². The van der Waals surface area contributed by atoms with Crippen molar-refractivity contribution in [3.63, 3.8) is 0 Å². The molecule has 0 saturated heterocycles. The summed E-state index contributed by atoms with van der Waals surface area (Å²) in [5.74, 6) is 0.863. The number of nitriles is 1. The van der Waals surface area contributed by atoms with Crippen LogP contribution in [0.3, 0.4) is 0 Å². The van der Waals surface area contributed by atoms with Crippen molar-refractivity contribution in [3.8, 4) is 17.6 Å². The Morgan fingerprint density at radius 1 is 1.39 bits per heavy atom. The van der Waals surface area contributed by atoms with Gasteiger partial charge in [0.05, 0.1) is 35.9 Å². The largest absolute Gasteiger partial charge is 0.494 e. The fraction of sp³-hybridized carbons (Fsp3) is 0.167. The molecule has 0 unspecified atom stereocenters. The molecule has 1 heterocycles. The maximum Gasteiger partial charge on any atom is 0.149 e. The van der Waals surface area contributed by atoms with Crippen LogP contribution in [0.2, 0.25) is 5.02 Å². The average molecular weight is 264 g/mol. The minimum absolute atomic E-state index is 0.269. The fourth-order valence-corrected chi connectivity index (χ4v) is 2.03. The molecule has 1 aromatic heterocycles. The van der Waals surface area contributed by atoms with Crippen molar-refractivity contribution in [2.75, 3.05) is 20.0 Å². The number of anilines is 1. The Labute approximate surface area is 109 Å². The van der Waals surface area contributed by atoms with Gasteiger partial charge in [-0.3, -0.25) is 4.98 Å². The molecule has 0 aliphatic carbocycles. The van der Waals surface area contributed by atoms with Gasteiger partial charge in [0.25, 0.3) is 0 Å². The third-order valence-corrected chi connectivity index (χ3v) is 2.88. The van der Waals surface area contributed by atoms with E-state index in [1.54, 1.807) is 6.07 Å². The number of pyridine rings is 1. The normalized spacial score (nSPS) is 10.1. The second kappa shape index (κ2) is 4.59. The molecular weight excluding hydrogens is 254 g/mol. The molecule has 0 aliphatic heterocycles. The highest BCUT2D eigenvalue weighted by molar-refractivity contribution is 6.34. The lowest BCUT2D eigenvalue weighted by Gasteiger charge is -2.13. The summed E-state index contributed by atoms with van der Waals surface area (Å²) < 4.78 is 10.4. The van der Waals surface area contributed by atoms with Crippen molar-refractivity contribution in [1.82, 2.24) is 4.98 Å². The maximum absolute atomic E-state index is 8.96. The van der Waals surface area contributed by atoms with Crippen molar-refractivity contribution >= 4 is 28.2 Å². The quantitative estimate of drug-likeness (QED) is 0.899. The van der Waals surface area contributed by atoms with Crippen LogP contribution in [0.5, 0.6) is 11.5 Å². The van der Waals surface area contributed by atoms with E-state index >= 15 is 0 Å². The van der Waals surface area contributed by atoms with E-state index < -0.39 is 0 Å². The summed E-state index contributed by atoms with van der Waals surface area (Å²) in [7, 11) is 2.99. The zero-order chi connectivity index (χ0) is 13.3. The number of rotatable bonds is 2. The minimum atomic E-state index is 0.269. The summed E-state index contributed by atoms with van der Waals surface area (Å²) in [5, 5.41) is 9.80. The van der Waals surface area contributed by atoms with E-state index in [9.17, 15) is 0 Å². The SMILES string of the molecule is COc1cc(Cl)c(OC)c2c(N)c(C#N)cnc12. The molecule has 2 aromatic rings. The summed E-state index contributed by atoms with van der Waals surface area (Å²) in [6, 6.07) is 3.57. The van der Waals surface area contributed by atoms with Crippen LogP contribution in [0, 0.1) is 11.3 Å². The second-order valence-corrected chi connectivity index (χ2v) is 3.92. The van der Waals surface area contributed by atoms with Crippen molar-refractivity contribution in [2.24, 2.45) is 0 Å². The number of hydrogen-bond donors (Lipinski definition) is 1. The standard InChI is InChI=1S/C12H10ClN3O2/c1-17-8-3-7(13)12(18-2)9-10(15)6(4-14)5-16-11(8)9/h3,5H,1-2H3,(H2,15,16). The van der Waals surface area contributed by atoms with E-state index in [1.165, 1.54) is 20.4 Å². The van der Waals surface area contributed by atoms with Gasteiger partial charge < -0.3 is 15.2 Å². The molecule has 6 heteroatoms. The smallest absolute Gasteiger partial charge is 0.149 e. The predicted octanol–water partition coefficient (Wildman–Crippen LogP) is 2.36. The van der Waals surface area contributed by atoms with Gasteiger partial charge in [-0.05, 0) is 0 Å². The third kappa shape index (κ3) is 1.67. The first-order chi connectivity index (χ1) is 8.63. The Balaban J connectivity index is 3.00. The zero-order valence-corrected chi connectivity index (χ0v) is 10.6. The Hall–Kier alpha value is -2.19. The van der Waals surface area contributed by atoms with Gasteiger partial charge in [0.15, 0.2) is 0 Å². The number of halogens is 1. The topological polar surface area (TPSA) is 81.2 Å². The Morgan fingerprint density at radius 2 is 2.11 bits per heavy atom. The summed E-state index contributed by atoms with van der Waals surface area (Å²) in [5.41, 5.74) is 7.00. The molecule has 5 nitrogen and oxygen atoms in total. The van der Waals surface area contributed by atoms with E-state index in [1.807, 2.05) is 6.07 Å². The summed E-state index contributed by atoms with van der Waals surface area (Å²) >= 11 is 6.08. The summed E-state index contributed by atoms with van der Waals surface area (Å²) in [6.45, 7) is 0. The highest BCUT2D eigenvalue weighted by atomic mass is 35.5. The monoisotopic (exact) mass is 263 g/mol. The van der Waals surface area contributed by atoms with Gasteiger partial charge in [-0.1, -0.05) is 11.6 Å². The minimum Gasteiger partial charge on any atom is -0.494 e. The molecule has 0 atom stereocenters. The molecule has 0 aliphatic rings. The molecule has 0 radical (unpaired) electrons. The van der Waals surface area contributed by atoms with Gasteiger partial charge >= 0.3 is 0 Å². The number of nitrogens with zero attached hydrogens (tertiary/aromatic N) is 2. The van der Waals surface area contributed by atoms with E-state index in [-0.39, 0.29) is 11.3 Å². The number of fused-ring (bicyclic) bond motifs is 1. The Bertz CT molecular complexity index is 659. The fourth-order valence-electron chi connectivity index (χ4n) is 1.75. The lowest BCUT2D eigenvalue weighted by molar-refractivity contribution is 0.410. The maximum atomic E-state index is 8.96. The number of aromatic nitrogens is 1. The molecule has 0 amide bonds. The van der Waals surface area contributed by atoms with Gasteiger partial charge in [0, 0.05) is 12.3 Å². The van der Waals surface area contributed by atoms with Crippen LogP contribution in [0.1, 0.15) is 5.56 Å². The first-order valence-corrected chi connectivity index (χ1v) is 5.40. The van der Waals surface area contributed by atoms with Crippen molar-refractivity contribution in [1.29, 1.82) is 5.26 Å². The number of benzene rings is 1. The molecule has 1 aromatic carbocycles. The molecule has 92 valence electrons. The third-order valence-electron chi connectivity index (χ3n) is 2.60. The van der Waals surface area contributed by atoms with Crippen LogP contribution >= 0.6 is 11.6 Å². The first-order valence-electron chi connectivity index (χ1n) is 5.02. The van der Waals surface area contributed by atoms with Gasteiger partial charge in [-0.25, -0.2) is 0 Å². The summed E-state index contributed by atoms with van der Waals surface area (Å²) in [6.07, 6.45) is 1.40. The number of nitrogens with two attached hydrogens (primary N) is 1. The number of ether oxygens (including phenoxy) is 2. The summed E-state index contributed by atoms with van der Waals surface area (Å²) in [4.78, 5) is 4.17. The van der Waals surface area contributed by atoms with Crippen molar-refractivity contribution < 1.29 is 9.47 Å². The van der Waals surface area contributed by atoms with Crippen LogP contribution in [0.15, 0.2) is 12.3 Å². The highest BCUT2D eigenvalue weighted by Gasteiger charge is 2.17. The van der Waals surface area contributed by atoms with E-state index in [0.29, 0.717) is 27.4 Å². The molecule has 0 spiro atoms. The van der Waals surface area contributed by atoms with Gasteiger partial charge in [-0.2, -0.15) is 5.26 Å². The average Bonchev–Trinajstić information content (AvgIpc) is 2.38. The van der Waals surface area contributed by atoms with Crippen LogP contribution in [0.4, 0.5) is 5.69 Å². The van der Waals surface area contributed by atoms with Gasteiger partial charge in [-0.15, -0.1) is 0 Å². The van der Waals surface area contributed by atoms with E-state index in [2.05, 4.69) is 4.98 Å². The lowest BCUT2D eigenvalue weighted by Crippen LogP contribution is -1.99. The van der Waals surface area contributed by atoms with Crippen LogP contribution in [0.25, 0.3) is 10.9 Å². The molecule has 0 bridgehead atoms. The van der Waals surface area contributed by atoms with E-state index in [0.717, 1.165) is 0 Å². The van der Waals surface area contributed by atoms with Crippen LogP contribution < -0.4 is 15.2 Å². The lowest BCUT2D eigenvalue weighted by atomic mass is 10.1. The zero-order valence-electron chi connectivity index (χ0n) is 9.82. The molecule has 2 N–H and O–H groups in total. The first kappa shape index (κ1) is 12.3. The Morgan fingerprint density at radius 3 is 2.67 bits per heavy atom. The van der Waals surface area contributed by atoms with Crippen molar-refractivity contribution in [3.05, 3.63) is 22.8 Å².